The Morgan fingerprint density at radius 1 is 1.00 bits per heavy atom. The van der Waals surface area contributed by atoms with E-state index in [1.807, 2.05) is 62.4 Å². The third kappa shape index (κ3) is 5.50. The van der Waals surface area contributed by atoms with Gasteiger partial charge in [-0.25, -0.2) is 13.6 Å². The second-order valence-electron chi connectivity index (χ2n) is 8.84. The van der Waals surface area contributed by atoms with Gasteiger partial charge in [-0.2, -0.15) is 0 Å². The first-order valence-electron chi connectivity index (χ1n) is 11.8. The molecule has 0 saturated carbocycles. The average molecular weight is 478 g/mol. The maximum Gasteiger partial charge on any atom is 0.324 e. The van der Waals surface area contributed by atoms with Crippen LogP contribution in [0.15, 0.2) is 66.7 Å². The van der Waals surface area contributed by atoms with Gasteiger partial charge < -0.3 is 10.2 Å². The van der Waals surface area contributed by atoms with Crippen molar-refractivity contribution in [3.05, 3.63) is 95.1 Å². The third-order valence-electron chi connectivity index (χ3n) is 6.30. The second kappa shape index (κ2) is 10.7. The molecule has 5 nitrogen and oxygen atoms in total. The van der Waals surface area contributed by atoms with E-state index in [0.717, 1.165) is 23.3 Å². The van der Waals surface area contributed by atoms with Gasteiger partial charge in [-0.15, -0.1) is 0 Å². The van der Waals surface area contributed by atoms with E-state index in [-0.39, 0.29) is 24.4 Å². The van der Waals surface area contributed by atoms with Gasteiger partial charge in [0.15, 0.2) is 11.6 Å². The summed E-state index contributed by atoms with van der Waals surface area (Å²) >= 11 is 0. The molecule has 3 amide bonds. The summed E-state index contributed by atoms with van der Waals surface area (Å²) < 4.78 is 27.0. The van der Waals surface area contributed by atoms with Crippen molar-refractivity contribution in [1.29, 1.82) is 0 Å². The van der Waals surface area contributed by atoms with Crippen LogP contribution in [0.1, 0.15) is 42.4 Å². The molecule has 7 heteroatoms. The molecule has 1 heterocycles. The summed E-state index contributed by atoms with van der Waals surface area (Å²) in [4.78, 5) is 29.9. The molecular formula is C28H29F2N3O2. The number of hydrogen-bond donors (Lipinski definition) is 1. The molecule has 0 radical (unpaired) electrons. The first kappa shape index (κ1) is 24.4. The van der Waals surface area contributed by atoms with Gasteiger partial charge in [-0.1, -0.05) is 49.4 Å². The topological polar surface area (TPSA) is 52.7 Å². The average Bonchev–Trinajstić information content (AvgIpc) is 2.84. The highest BCUT2D eigenvalue weighted by atomic mass is 19.2. The minimum Gasteiger partial charge on any atom is -0.324 e. The Hall–Kier alpha value is -3.74. The number of carbonyl (C=O) groups is 2. The lowest BCUT2D eigenvalue weighted by Crippen LogP contribution is -2.49. The van der Waals surface area contributed by atoms with Crippen molar-refractivity contribution < 1.29 is 18.4 Å². The Balaban J connectivity index is 1.57. The van der Waals surface area contributed by atoms with Crippen molar-refractivity contribution in [1.82, 2.24) is 4.90 Å². The number of benzene rings is 3. The molecule has 182 valence electrons. The molecule has 1 aliphatic heterocycles. The van der Waals surface area contributed by atoms with Gasteiger partial charge in [0.1, 0.15) is 0 Å². The number of hydrogen-bond acceptors (Lipinski definition) is 2. The molecule has 1 unspecified atom stereocenters. The summed E-state index contributed by atoms with van der Waals surface area (Å²) in [6.45, 7) is 5.08. The zero-order chi connectivity index (χ0) is 24.9. The highest BCUT2D eigenvalue weighted by Gasteiger charge is 2.29. The maximum atomic E-state index is 13.7. The lowest BCUT2D eigenvalue weighted by atomic mass is 9.95. The molecule has 35 heavy (non-hydrogen) atoms. The van der Waals surface area contributed by atoms with Crippen molar-refractivity contribution in [3.8, 4) is 0 Å². The van der Waals surface area contributed by atoms with Crippen LogP contribution in [0.25, 0.3) is 0 Å². The highest BCUT2D eigenvalue weighted by Crippen LogP contribution is 2.32. The third-order valence-corrected chi connectivity index (χ3v) is 6.30. The molecule has 1 aliphatic rings. The monoisotopic (exact) mass is 477 g/mol. The molecule has 3 aromatic carbocycles. The molecule has 0 bridgehead atoms. The first-order valence-corrected chi connectivity index (χ1v) is 11.8. The van der Waals surface area contributed by atoms with E-state index >= 15 is 0 Å². The Labute approximate surface area is 204 Å². The number of urea groups is 1. The lowest BCUT2D eigenvalue weighted by Gasteiger charge is -2.36. The SMILES string of the molecule is CCC(C(=O)Nc1cc(C)ccc1N1CCCN(Cc2ccc(F)c(F)c2)C1=O)c1ccccc1. The molecule has 1 N–H and O–H groups in total. The minimum atomic E-state index is -0.934. The second-order valence-corrected chi connectivity index (χ2v) is 8.84. The molecule has 0 spiro atoms. The number of halogens is 2. The van der Waals surface area contributed by atoms with E-state index in [9.17, 15) is 18.4 Å². The zero-order valence-corrected chi connectivity index (χ0v) is 19.9. The fraction of sp³-hybridized carbons (Fsp3) is 0.286. The zero-order valence-electron chi connectivity index (χ0n) is 19.9. The van der Waals surface area contributed by atoms with Crippen molar-refractivity contribution >= 4 is 23.3 Å². The van der Waals surface area contributed by atoms with E-state index in [2.05, 4.69) is 5.32 Å². The number of anilines is 2. The van der Waals surface area contributed by atoms with Crippen LogP contribution in [0.3, 0.4) is 0 Å². The standard InChI is InChI=1S/C28H29F2N3O2/c1-3-22(21-8-5-4-6-9-21)27(34)31-25-16-19(2)10-13-26(25)33-15-7-14-32(28(33)35)18-20-11-12-23(29)24(30)17-20/h4-6,8-13,16-17,22H,3,7,14-15,18H2,1-2H3,(H,31,34). The predicted octanol–water partition coefficient (Wildman–Crippen LogP) is 6.24. The predicted molar refractivity (Wildman–Crippen MR) is 133 cm³/mol. The molecule has 0 aromatic heterocycles. The highest BCUT2D eigenvalue weighted by molar-refractivity contribution is 6.02. The van der Waals surface area contributed by atoms with Crippen LogP contribution in [0.5, 0.6) is 0 Å². The Morgan fingerprint density at radius 3 is 2.49 bits per heavy atom. The number of carbonyl (C=O) groups excluding carboxylic acids is 2. The Kier molecular flexibility index (Phi) is 7.44. The van der Waals surface area contributed by atoms with E-state index in [4.69, 9.17) is 0 Å². The number of nitrogens with one attached hydrogen (secondary N) is 1. The number of amides is 3. The van der Waals surface area contributed by atoms with Crippen LogP contribution < -0.4 is 10.2 Å². The largest absolute Gasteiger partial charge is 0.324 e. The number of nitrogens with zero attached hydrogens (tertiary/aromatic N) is 2. The van der Waals surface area contributed by atoms with Crippen LogP contribution in [0.2, 0.25) is 0 Å². The van der Waals surface area contributed by atoms with Gasteiger partial charge in [-0.3, -0.25) is 9.69 Å². The van der Waals surface area contributed by atoms with E-state index in [1.165, 1.54) is 6.07 Å². The fourth-order valence-corrected chi connectivity index (χ4v) is 4.47. The van der Waals surface area contributed by atoms with Crippen LogP contribution >= 0.6 is 0 Å². The van der Waals surface area contributed by atoms with E-state index in [1.54, 1.807) is 9.80 Å². The summed E-state index contributed by atoms with van der Waals surface area (Å²) in [7, 11) is 0. The van der Waals surface area contributed by atoms with Crippen molar-refractivity contribution in [2.75, 3.05) is 23.3 Å². The van der Waals surface area contributed by atoms with Crippen LogP contribution in [0.4, 0.5) is 25.0 Å². The Morgan fingerprint density at radius 2 is 1.77 bits per heavy atom. The quantitative estimate of drug-likeness (QED) is 0.438. The molecular weight excluding hydrogens is 448 g/mol. The molecule has 1 fully saturated rings. The van der Waals surface area contributed by atoms with Gasteiger partial charge in [0.25, 0.3) is 0 Å². The van der Waals surface area contributed by atoms with Gasteiger partial charge in [-0.05, 0) is 60.7 Å². The Bertz CT molecular complexity index is 1220. The summed E-state index contributed by atoms with van der Waals surface area (Å²) in [5, 5.41) is 3.05. The van der Waals surface area contributed by atoms with Gasteiger partial charge >= 0.3 is 6.03 Å². The molecule has 1 saturated heterocycles. The van der Waals surface area contributed by atoms with Gasteiger partial charge in [0.2, 0.25) is 5.91 Å². The fourth-order valence-electron chi connectivity index (χ4n) is 4.47. The first-order chi connectivity index (χ1) is 16.9. The smallest absolute Gasteiger partial charge is 0.324 e. The number of aryl methyl sites for hydroxylation is 1. The summed E-state index contributed by atoms with van der Waals surface area (Å²) in [5.41, 5.74) is 3.61. The maximum absolute atomic E-state index is 13.7. The molecule has 4 rings (SSSR count). The van der Waals surface area contributed by atoms with Gasteiger partial charge in [0.05, 0.1) is 17.3 Å². The molecule has 1 atom stereocenters. The van der Waals surface area contributed by atoms with Crippen molar-refractivity contribution in [3.63, 3.8) is 0 Å². The number of rotatable bonds is 7. The van der Waals surface area contributed by atoms with Gasteiger partial charge in [0, 0.05) is 19.6 Å². The minimum absolute atomic E-state index is 0.131. The van der Waals surface area contributed by atoms with Crippen LogP contribution in [-0.2, 0) is 11.3 Å². The van der Waals surface area contributed by atoms with Crippen molar-refractivity contribution in [2.45, 2.75) is 39.2 Å². The van der Waals surface area contributed by atoms with E-state index in [0.29, 0.717) is 42.9 Å². The van der Waals surface area contributed by atoms with Crippen LogP contribution in [0, 0.1) is 18.6 Å². The van der Waals surface area contributed by atoms with E-state index < -0.39 is 11.6 Å². The summed E-state index contributed by atoms with van der Waals surface area (Å²) in [6.07, 6.45) is 1.35. The summed E-state index contributed by atoms with van der Waals surface area (Å²) in [6, 6.07) is 18.7. The molecule has 3 aromatic rings. The van der Waals surface area contributed by atoms with Crippen molar-refractivity contribution in [2.24, 2.45) is 0 Å². The summed E-state index contributed by atoms with van der Waals surface area (Å²) in [5.74, 6) is -2.29. The normalized spacial score (nSPS) is 14.7. The van der Waals surface area contributed by atoms with Crippen LogP contribution in [-0.4, -0.2) is 29.9 Å². The lowest BCUT2D eigenvalue weighted by molar-refractivity contribution is -0.117. The molecule has 0 aliphatic carbocycles.